The molecular formula is C15H12F4N4O4S. The lowest BCUT2D eigenvalue weighted by molar-refractivity contribution is -0.274. The molecule has 0 bridgehead atoms. The second kappa shape index (κ2) is 7.31. The number of ether oxygens (including phenoxy) is 1. The van der Waals surface area contributed by atoms with Crippen LogP contribution >= 0.6 is 0 Å². The molecule has 1 aromatic carbocycles. The zero-order valence-corrected chi connectivity index (χ0v) is 14.7. The highest BCUT2D eigenvalue weighted by Gasteiger charge is 2.35. The maximum atomic E-state index is 12.9. The molecule has 0 unspecified atom stereocenters. The lowest BCUT2D eigenvalue weighted by atomic mass is 10.3. The smallest absolute Gasteiger partial charge is 0.406 e. The Labute approximate surface area is 156 Å². The first-order chi connectivity index (χ1) is 13.1. The maximum absolute atomic E-state index is 12.9. The third-order valence-electron chi connectivity index (χ3n) is 3.73. The van der Waals surface area contributed by atoms with Gasteiger partial charge in [0, 0.05) is 13.1 Å². The van der Waals surface area contributed by atoms with Crippen molar-refractivity contribution in [2.24, 2.45) is 0 Å². The van der Waals surface area contributed by atoms with E-state index in [1.165, 1.54) is 0 Å². The highest BCUT2D eigenvalue weighted by Crippen LogP contribution is 2.26. The van der Waals surface area contributed by atoms with Crippen LogP contribution in [-0.4, -0.2) is 54.6 Å². The van der Waals surface area contributed by atoms with Gasteiger partial charge in [0.05, 0.1) is 23.8 Å². The van der Waals surface area contributed by atoms with Gasteiger partial charge < -0.3 is 4.74 Å². The number of hydrogen-bond acceptors (Lipinski definition) is 6. The molecule has 13 heteroatoms. The van der Waals surface area contributed by atoms with E-state index in [0.29, 0.717) is 0 Å². The number of halogens is 4. The van der Waals surface area contributed by atoms with Crippen molar-refractivity contribution in [3.63, 3.8) is 0 Å². The van der Waals surface area contributed by atoms with Crippen molar-refractivity contribution < 1.29 is 35.5 Å². The number of nitrogens with zero attached hydrogens (tertiary/aromatic N) is 4. The highest BCUT2D eigenvalue weighted by molar-refractivity contribution is 7.89. The monoisotopic (exact) mass is 420 g/mol. The first kappa shape index (κ1) is 19.9. The largest absolute Gasteiger partial charge is 0.573 e. The van der Waals surface area contributed by atoms with Gasteiger partial charge in [0.1, 0.15) is 5.75 Å². The van der Waals surface area contributed by atoms with Gasteiger partial charge in [0.15, 0.2) is 5.82 Å². The molecule has 28 heavy (non-hydrogen) atoms. The Balaban J connectivity index is 1.73. The van der Waals surface area contributed by atoms with Crippen molar-refractivity contribution in [3.05, 3.63) is 42.5 Å². The zero-order valence-electron chi connectivity index (χ0n) is 13.9. The van der Waals surface area contributed by atoms with Gasteiger partial charge in [-0.2, -0.15) is 4.31 Å². The molecule has 1 amide bonds. The van der Waals surface area contributed by atoms with Crippen LogP contribution in [0.15, 0.2) is 41.6 Å². The number of aromatic nitrogens is 2. The van der Waals surface area contributed by atoms with Crippen molar-refractivity contribution in [1.82, 2.24) is 14.3 Å². The minimum absolute atomic E-state index is 0.0582. The molecule has 0 saturated carbocycles. The Hall–Kier alpha value is -2.80. The van der Waals surface area contributed by atoms with Crippen LogP contribution in [0.25, 0.3) is 0 Å². The van der Waals surface area contributed by atoms with Crippen molar-refractivity contribution in [2.45, 2.75) is 11.3 Å². The molecule has 2 heterocycles. The third kappa shape index (κ3) is 4.36. The molecule has 1 saturated heterocycles. The summed E-state index contributed by atoms with van der Waals surface area (Å²) >= 11 is 0. The summed E-state index contributed by atoms with van der Waals surface area (Å²) in [5.41, 5.74) is 0. The van der Waals surface area contributed by atoms with Crippen LogP contribution < -0.4 is 9.64 Å². The van der Waals surface area contributed by atoms with Crippen LogP contribution in [-0.2, 0) is 14.8 Å². The van der Waals surface area contributed by atoms with E-state index in [0.717, 1.165) is 45.9 Å². The molecule has 0 radical (unpaired) electrons. The van der Waals surface area contributed by atoms with Gasteiger partial charge >= 0.3 is 6.36 Å². The summed E-state index contributed by atoms with van der Waals surface area (Å²) in [5.74, 6) is -1.94. The third-order valence-corrected chi connectivity index (χ3v) is 5.59. The Morgan fingerprint density at radius 3 is 2.18 bits per heavy atom. The van der Waals surface area contributed by atoms with Crippen LogP contribution in [0.1, 0.15) is 0 Å². The summed E-state index contributed by atoms with van der Waals surface area (Å²) in [4.78, 5) is 20.5. The Bertz CT molecular complexity index is 965. The van der Waals surface area contributed by atoms with E-state index in [-0.39, 0.29) is 23.9 Å². The summed E-state index contributed by atoms with van der Waals surface area (Å²) in [6.45, 7) is -0.696. The number of alkyl halides is 3. The number of rotatable bonds is 4. The highest BCUT2D eigenvalue weighted by atomic mass is 32.2. The Morgan fingerprint density at radius 1 is 1.04 bits per heavy atom. The van der Waals surface area contributed by atoms with Gasteiger partial charge in [-0.25, -0.2) is 22.8 Å². The topological polar surface area (TPSA) is 92.7 Å². The van der Waals surface area contributed by atoms with Crippen molar-refractivity contribution >= 4 is 21.9 Å². The molecule has 0 N–H and O–H groups in total. The Morgan fingerprint density at radius 2 is 1.64 bits per heavy atom. The molecule has 1 fully saturated rings. The van der Waals surface area contributed by atoms with Gasteiger partial charge in [0.25, 0.3) is 0 Å². The van der Waals surface area contributed by atoms with Gasteiger partial charge in [-0.1, -0.05) is 0 Å². The van der Waals surface area contributed by atoms with E-state index in [4.69, 9.17) is 0 Å². The maximum Gasteiger partial charge on any atom is 0.573 e. The number of anilines is 1. The Kier molecular flexibility index (Phi) is 5.21. The van der Waals surface area contributed by atoms with E-state index in [2.05, 4.69) is 14.7 Å². The first-order valence-corrected chi connectivity index (χ1v) is 9.14. The number of benzene rings is 1. The van der Waals surface area contributed by atoms with E-state index < -0.39 is 40.4 Å². The average Bonchev–Trinajstić information content (AvgIpc) is 2.61. The van der Waals surface area contributed by atoms with Crippen molar-refractivity contribution in [1.29, 1.82) is 0 Å². The molecule has 1 aromatic heterocycles. The normalized spacial score (nSPS) is 16.3. The van der Waals surface area contributed by atoms with Gasteiger partial charge in [0.2, 0.25) is 21.9 Å². The van der Waals surface area contributed by atoms with E-state index >= 15 is 0 Å². The predicted octanol–water partition coefficient (Wildman–Crippen LogP) is 1.55. The van der Waals surface area contributed by atoms with Crippen LogP contribution in [0, 0.1) is 5.82 Å². The lowest BCUT2D eigenvalue weighted by Crippen LogP contribution is -2.52. The number of hydrogen-bond donors (Lipinski definition) is 0. The van der Waals surface area contributed by atoms with Gasteiger partial charge in [-0.05, 0) is 24.3 Å². The van der Waals surface area contributed by atoms with Crippen LogP contribution in [0.3, 0.4) is 0 Å². The van der Waals surface area contributed by atoms with Crippen LogP contribution in [0.5, 0.6) is 5.75 Å². The minimum Gasteiger partial charge on any atom is -0.406 e. The van der Waals surface area contributed by atoms with Crippen LogP contribution in [0.4, 0.5) is 23.5 Å². The summed E-state index contributed by atoms with van der Waals surface area (Å²) < 4.78 is 79.3. The lowest BCUT2D eigenvalue weighted by Gasteiger charge is -2.32. The minimum atomic E-state index is -4.90. The first-order valence-electron chi connectivity index (χ1n) is 7.70. The standard InChI is InChI=1S/C15H12F4N4O4S/c16-10-7-20-14(21-8-10)23-6-5-22(9-13(23)24)28(25,26)12-3-1-11(2-4-12)27-15(17,18)19/h1-4,7-8H,5-6,9H2. The molecule has 0 atom stereocenters. The zero-order chi connectivity index (χ0) is 20.5. The van der Waals surface area contributed by atoms with Gasteiger partial charge in [-0.15, -0.1) is 13.2 Å². The number of amides is 1. The number of piperazine rings is 1. The average molecular weight is 420 g/mol. The fraction of sp³-hybridized carbons (Fsp3) is 0.267. The van der Waals surface area contributed by atoms with Crippen molar-refractivity contribution in [2.75, 3.05) is 24.5 Å². The summed E-state index contributed by atoms with van der Waals surface area (Å²) in [6.07, 6.45) is -3.14. The number of carbonyl (C=O) groups is 1. The van der Waals surface area contributed by atoms with Crippen LogP contribution in [0.2, 0.25) is 0 Å². The molecule has 8 nitrogen and oxygen atoms in total. The second-order valence-electron chi connectivity index (χ2n) is 5.60. The quantitative estimate of drug-likeness (QED) is 0.697. The molecule has 150 valence electrons. The number of carbonyl (C=O) groups excluding carboxylic acids is 1. The molecule has 1 aliphatic rings. The second-order valence-corrected chi connectivity index (χ2v) is 7.54. The molecule has 1 aliphatic heterocycles. The molecule has 0 aliphatic carbocycles. The molecular weight excluding hydrogens is 408 g/mol. The predicted molar refractivity (Wildman–Crippen MR) is 86.2 cm³/mol. The number of sulfonamides is 1. The van der Waals surface area contributed by atoms with Crippen molar-refractivity contribution in [3.8, 4) is 5.75 Å². The molecule has 2 aromatic rings. The fourth-order valence-electron chi connectivity index (χ4n) is 2.48. The van der Waals surface area contributed by atoms with E-state index in [1.807, 2.05) is 0 Å². The van der Waals surface area contributed by atoms with Gasteiger partial charge in [-0.3, -0.25) is 9.69 Å². The summed E-state index contributed by atoms with van der Waals surface area (Å²) in [7, 11) is -4.12. The molecule has 3 rings (SSSR count). The van der Waals surface area contributed by atoms with E-state index in [1.54, 1.807) is 0 Å². The fourth-order valence-corrected chi connectivity index (χ4v) is 3.86. The summed E-state index contributed by atoms with van der Waals surface area (Å²) in [6, 6.07) is 3.64. The summed E-state index contributed by atoms with van der Waals surface area (Å²) in [5, 5.41) is 0. The van der Waals surface area contributed by atoms with E-state index in [9.17, 15) is 30.8 Å². The molecule has 0 spiro atoms. The SMILES string of the molecule is O=C1CN(S(=O)(=O)c2ccc(OC(F)(F)F)cc2)CCN1c1ncc(F)cn1.